The first-order valence-electron chi connectivity index (χ1n) is 11.8. The Morgan fingerprint density at radius 3 is 2.83 bits per heavy atom. The minimum Gasteiger partial charge on any atom is -0.444 e. The van der Waals surface area contributed by atoms with Crippen LogP contribution >= 0.6 is 22.9 Å². The highest BCUT2D eigenvalue weighted by Gasteiger charge is 2.42. The van der Waals surface area contributed by atoms with Crippen molar-refractivity contribution in [3.05, 3.63) is 45.9 Å². The van der Waals surface area contributed by atoms with Gasteiger partial charge in [0.05, 0.1) is 29.4 Å². The third kappa shape index (κ3) is 4.71. The second kappa shape index (κ2) is 9.22. The third-order valence-corrected chi connectivity index (χ3v) is 7.83. The van der Waals surface area contributed by atoms with Crippen molar-refractivity contribution in [3.8, 4) is 11.1 Å². The molecule has 186 valence electrons. The summed E-state index contributed by atoms with van der Waals surface area (Å²) in [6.45, 7) is 6.34. The lowest BCUT2D eigenvalue weighted by atomic mass is 9.92. The Bertz CT molecular complexity index is 1270. The number of amides is 1. The fourth-order valence-corrected chi connectivity index (χ4v) is 6.31. The van der Waals surface area contributed by atoms with Crippen LogP contribution in [0, 0.1) is 0 Å². The zero-order chi connectivity index (χ0) is 24.9. The van der Waals surface area contributed by atoms with Crippen LogP contribution < -0.4 is 4.90 Å². The molecule has 2 atom stereocenters. The van der Waals surface area contributed by atoms with E-state index in [1.165, 1.54) is 16.2 Å². The largest absolute Gasteiger partial charge is 0.444 e. The van der Waals surface area contributed by atoms with Crippen molar-refractivity contribution in [1.82, 2.24) is 9.88 Å². The first-order chi connectivity index (χ1) is 16.6. The summed E-state index contributed by atoms with van der Waals surface area (Å²) in [5.41, 5.74) is 4.10. The number of carbonyl (C=O) groups excluding carboxylic acids is 1. The molecule has 1 N–H and O–H groups in total. The van der Waals surface area contributed by atoms with Gasteiger partial charge in [0, 0.05) is 46.0 Å². The maximum Gasteiger partial charge on any atom is 0.410 e. The molecule has 0 unspecified atom stereocenters. The summed E-state index contributed by atoms with van der Waals surface area (Å²) in [6, 6.07) is 7.26. The van der Waals surface area contributed by atoms with Crippen LogP contribution in [0.1, 0.15) is 37.6 Å². The van der Waals surface area contributed by atoms with E-state index >= 15 is 4.39 Å². The van der Waals surface area contributed by atoms with E-state index in [0.717, 1.165) is 50.3 Å². The topological polar surface area (TPSA) is 65.9 Å². The number of aryl methyl sites for hydroxylation is 1. The number of hydrogen-bond donors (Lipinski definition) is 1. The van der Waals surface area contributed by atoms with E-state index in [-0.39, 0.29) is 19.7 Å². The number of fused-ring (bicyclic) bond motifs is 2. The van der Waals surface area contributed by atoms with Gasteiger partial charge in [0.25, 0.3) is 0 Å². The van der Waals surface area contributed by atoms with E-state index in [2.05, 4.69) is 9.88 Å². The van der Waals surface area contributed by atoms with Crippen LogP contribution in [0.25, 0.3) is 21.3 Å². The maximum atomic E-state index is 15.5. The minimum absolute atomic E-state index is 0.0125. The summed E-state index contributed by atoms with van der Waals surface area (Å²) < 4.78 is 21.9. The van der Waals surface area contributed by atoms with Gasteiger partial charge in [0.1, 0.15) is 11.8 Å². The van der Waals surface area contributed by atoms with Crippen LogP contribution in [0.4, 0.5) is 14.9 Å². The molecule has 4 heterocycles. The molecule has 1 aromatic carbocycles. The monoisotopic (exact) mass is 517 g/mol. The van der Waals surface area contributed by atoms with Crippen molar-refractivity contribution in [2.45, 2.75) is 58.0 Å². The lowest BCUT2D eigenvalue weighted by Crippen LogP contribution is -2.45. The van der Waals surface area contributed by atoms with E-state index in [4.69, 9.17) is 16.3 Å². The fraction of sp³-hybridized carbons (Fsp3) is 0.462. The molecule has 6 nitrogen and oxygen atoms in total. The molecule has 0 spiro atoms. The third-order valence-electron chi connectivity index (χ3n) is 6.47. The molecule has 0 bridgehead atoms. The molecule has 2 aliphatic heterocycles. The number of nitrogens with zero attached hydrogens (tertiary/aromatic N) is 3. The van der Waals surface area contributed by atoms with Crippen LogP contribution in [-0.4, -0.2) is 58.5 Å². The van der Waals surface area contributed by atoms with Gasteiger partial charge >= 0.3 is 6.09 Å². The number of carbonyl (C=O) groups is 1. The van der Waals surface area contributed by atoms with E-state index < -0.39 is 23.9 Å². The van der Waals surface area contributed by atoms with Gasteiger partial charge in [-0.15, -0.1) is 11.3 Å². The van der Waals surface area contributed by atoms with Gasteiger partial charge in [0.2, 0.25) is 0 Å². The van der Waals surface area contributed by atoms with Gasteiger partial charge in [-0.3, -0.25) is 4.98 Å². The van der Waals surface area contributed by atoms with Crippen LogP contribution in [0.3, 0.4) is 0 Å². The summed E-state index contributed by atoms with van der Waals surface area (Å²) in [7, 11) is 0. The number of aromatic nitrogens is 1. The van der Waals surface area contributed by atoms with E-state index in [0.29, 0.717) is 11.6 Å². The second-order valence-corrected chi connectivity index (χ2v) is 11.7. The van der Waals surface area contributed by atoms with Gasteiger partial charge < -0.3 is 19.6 Å². The summed E-state index contributed by atoms with van der Waals surface area (Å²) in [5.74, 6) is 0. The molecule has 3 aromatic rings. The zero-order valence-corrected chi connectivity index (χ0v) is 21.6. The second-order valence-electron chi connectivity index (χ2n) is 10.2. The van der Waals surface area contributed by atoms with E-state index in [9.17, 15) is 9.90 Å². The van der Waals surface area contributed by atoms with Crippen molar-refractivity contribution in [1.29, 1.82) is 0 Å². The van der Waals surface area contributed by atoms with Crippen molar-refractivity contribution in [2.75, 3.05) is 24.5 Å². The summed E-state index contributed by atoms with van der Waals surface area (Å²) in [6.07, 6.45) is 1.80. The van der Waals surface area contributed by atoms with Gasteiger partial charge in [-0.2, -0.15) is 0 Å². The lowest BCUT2D eigenvalue weighted by Gasteiger charge is -2.38. The van der Waals surface area contributed by atoms with Gasteiger partial charge in [-0.05, 0) is 63.4 Å². The Balaban J connectivity index is 1.56. The summed E-state index contributed by atoms with van der Waals surface area (Å²) >= 11 is 8.06. The lowest BCUT2D eigenvalue weighted by molar-refractivity contribution is 0.0283. The Kier molecular flexibility index (Phi) is 6.40. The zero-order valence-electron chi connectivity index (χ0n) is 20.1. The van der Waals surface area contributed by atoms with Crippen molar-refractivity contribution in [2.24, 2.45) is 0 Å². The average Bonchev–Trinajstić information content (AvgIpc) is 3.40. The minimum atomic E-state index is -1.20. The number of rotatable bonds is 3. The predicted octanol–water partition coefficient (Wildman–Crippen LogP) is 5.82. The van der Waals surface area contributed by atoms with Crippen LogP contribution in [0.15, 0.2) is 30.5 Å². The Labute approximate surface area is 213 Å². The molecule has 0 saturated carbocycles. The van der Waals surface area contributed by atoms with Crippen LogP contribution in [-0.2, 0) is 17.8 Å². The smallest absolute Gasteiger partial charge is 0.410 e. The number of pyridine rings is 1. The van der Waals surface area contributed by atoms with E-state index in [1.54, 1.807) is 6.20 Å². The first-order valence-corrected chi connectivity index (χ1v) is 13.0. The molecule has 5 rings (SSSR count). The molecule has 9 heteroatoms. The fourth-order valence-electron chi connectivity index (χ4n) is 5.07. The van der Waals surface area contributed by atoms with Crippen LogP contribution in [0.2, 0.25) is 5.02 Å². The standard InChI is InChI=1S/C26H29ClFN3O3S/c1-26(2,3)34-25(33)30-12-20(28)22(13-30)31-8-4-5-15-9-16(27)10-19(23(15)31)18-6-7-29-21-11-17(14-32)35-24(18)21/h6-7,9-11,20,22,32H,4-5,8,12-14H2,1-3H3/t20-,22-/m0/s1. The summed E-state index contributed by atoms with van der Waals surface area (Å²) in [4.78, 5) is 21.6. The predicted molar refractivity (Wildman–Crippen MR) is 138 cm³/mol. The Morgan fingerprint density at radius 2 is 2.09 bits per heavy atom. The number of ether oxygens (including phenoxy) is 1. The quantitative estimate of drug-likeness (QED) is 0.474. The number of anilines is 1. The number of hydrogen-bond acceptors (Lipinski definition) is 6. The number of benzene rings is 1. The SMILES string of the molecule is CC(C)(C)OC(=O)N1C[C@H](F)[C@@H](N2CCCc3cc(Cl)cc(-c4ccnc5cc(CO)sc45)c32)C1. The molecule has 1 saturated heterocycles. The number of aliphatic hydroxyl groups is 1. The van der Waals surface area contributed by atoms with Gasteiger partial charge in [0.15, 0.2) is 0 Å². The normalized spacial score (nSPS) is 20.4. The molecule has 2 aliphatic rings. The highest BCUT2D eigenvalue weighted by atomic mass is 35.5. The highest BCUT2D eigenvalue weighted by molar-refractivity contribution is 7.19. The Hall–Kier alpha value is -2.42. The van der Waals surface area contributed by atoms with Gasteiger partial charge in [-0.25, -0.2) is 9.18 Å². The number of alkyl halides is 1. The molecule has 0 radical (unpaired) electrons. The average molecular weight is 518 g/mol. The van der Waals surface area contributed by atoms with Crippen molar-refractivity contribution in [3.63, 3.8) is 0 Å². The molecular weight excluding hydrogens is 489 g/mol. The van der Waals surface area contributed by atoms with Gasteiger partial charge in [-0.1, -0.05) is 11.6 Å². The van der Waals surface area contributed by atoms with E-state index in [1.807, 2.05) is 45.0 Å². The molecule has 2 aromatic heterocycles. The number of aliphatic hydroxyl groups excluding tert-OH is 1. The molecule has 0 aliphatic carbocycles. The van der Waals surface area contributed by atoms with Crippen molar-refractivity contribution < 1.29 is 19.0 Å². The molecule has 1 amide bonds. The molecule has 35 heavy (non-hydrogen) atoms. The number of likely N-dealkylation sites (tertiary alicyclic amines) is 1. The summed E-state index contributed by atoms with van der Waals surface area (Å²) in [5, 5.41) is 10.3. The molecule has 1 fully saturated rings. The maximum absolute atomic E-state index is 15.5. The Morgan fingerprint density at radius 1 is 1.29 bits per heavy atom. The van der Waals surface area contributed by atoms with Crippen molar-refractivity contribution >= 4 is 44.9 Å². The molecular formula is C26H29ClFN3O3S. The highest BCUT2D eigenvalue weighted by Crippen LogP contribution is 2.45. The van der Waals surface area contributed by atoms with Crippen LogP contribution in [0.5, 0.6) is 0 Å². The number of thiophene rings is 1. The number of halogens is 2. The first kappa shape index (κ1) is 24.3.